The second kappa shape index (κ2) is 4.60. The molecule has 0 atom stereocenters. The third-order valence-corrected chi connectivity index (χ3v) is 2.69. The van der Waals surface area contributed by atoms with Crippen molar-refractivity contribution < 1.29 is 14.3 Å². The smallest absolute Gasteiger partial charge is 0.410 e. The Labute approximate surface area is 111 Å². The van der Waals surface area contributed by atoms with Crippen molar-refractivity contribution in [2.75, 3.05) is 0 Å². The molecule has 0 saturated heterocycles. The van der Waals surface area contributed by atoms with Crippen molar-refractivity contribution in [1.29, 1.82) is 0 Å². The van der Waals surface area contributed by atoms with Crippen molar-refractivity contribution >= 4 is 12.4 Å². The molecule has 1 aliphatic heterocycles. The lowest BCUT2D eigenvalue weighted by Crippen LogP contribution is -2.33. The number of aldehydes is 1. The van der Waals surface area contributed by atoms with Crippen LogP contribution in [0.15, 0.2) is 0 Å². The molecule has 0 aromatic carbocycles. The summed E-state index contributed by atoms with van der Waals surface area (Å²) in [4.78, 5) is 32.9. The number of ether oxygens (including phenoxy) is 1. The van der Waals surface area contributed by atoms with E-state index in [4.69, 9.17) is 4.74 Å². The molecule has 0 aliphatic carbocycles. The second-order valence-electron chi connectivity index (χ2n) is 5.54. The van der Waals surface area contributed by atoms with Gasteiger partial charge in [-0.3, -0.25) is 9.69 Å². The summed E-state index contributed by atoms with van der Waals surface area (Å²) in [6.07, 6.45) is 0.298. The van der Waals surface area contributed by atoms with Gasteiger partial charge in [-0.05, 0) is 27.7 Å². The highest BCUT2D eigenvalue weighted by Crippen LogP contribution is 2.24. The van der Waals surface area contributed by atoms with Gasteiger partial charge in [-0.25, -0.2) is 14.8 Å². The van der Waals surface area contributed by atoms with E-state index >= 15 is 0 Å². The maximum atomic E-state index is 12.0. The Bertz CT molecular complexity index is 535. The summed E-state index contributed by atoms with van der Waals surface area (Å²) in [5.41, 5.74) is 1.25. The van der Waals surface area contributed by atoms with Crippen molar-refractivity contribution in [3.8, 4) is 0 Å². The number of hydrogen-bond acceptors (Lipinski definition) is 5. The van der Waals surface area contributed by atoms with Crippen molar-refractivity contribution in [2.24, 2.45) is 0 Å². The molecule has 1 aromatic heterocycles. The van der Waals surface area contributed by atoms with E-state index in [9.17, 15) is 9.59 Å². The molecule has 0 radical (unpaired) electrons. The average Bonchev–Trinajstić information content (AvgIpc) is 2.69. The topological polar surface area (TPSA) is 72.4 Å². The first-order chi connectivity index (χ1) is 8.80. The number of fused-ring (bicyclic) bond motifs is 1. The van der Waals surface area contributed by atoms with E-state index in [1.807, 2.05) is 20.8 Å². The van der Waals surface area contributed by atoms with Crippen LogP contribution < -0.4 is 0 Å². The van der Waals surface area contributed by atoms with Crippen molar-refractivity contribution in [1.82, 2.24) is 14.9 Å². The molecule has 0 saturated carbocycles. The molecule has 0 N–H and O–H groups in total. The first kappa shape index (κ1) is 13.5. The Balaban J connectivity index is 2.21. The first-order valence-electron chi connectivity index (χ1n) is 6.09. The maximum Gasteiger partial charge on any atom is 0.410 e. The molecule has 2 rings (SSSR count). The van der Waals surface area contributed by atoms with E-state index in [1.165, 1.54) is 4.90 Å². The summed E-state index contributed by atoms with van der Waals surface area (Å²) in [6.45, 7) is 7.84. The van der Waals surface area contributed by atoms with Crippen LogP contribution in [0.1, 0.15) is 48.3 Å². The number of nitrogens with zero attached hydrogens (tertiary/aromatic N) is 3. The lowest BCUT2D eigenvalue weighted by atomic mass is 10.2. The van der Waals surface area contributed by atoms with E-state index in [0.29, 0.717) is 36.5 Å². The molecular weight excluding hydrogens is 246 g/mol. The molecule has 19 heavy (non-hydrogen) atoms. The number of carbonyl (C=O) groups excluding carboxylic acids is 2. The van der Waals surface area contributed by atoms with Gasteiger partial charge in [0.1, 0.15) is 17.1 Å². The number of amides is 1. The Morgan fingerprint density at radius 1 is 1.32 bits per heavy atom. The monoisotopic (exact) mass is 263 g/mol. The van der Waals surface area contributed by atoms with Crippen LogP contribution in [-0.2, 0) is 17.8 Å². The largest absolute Gasteiger partial charge is 0.444 e. The summed E-state index contributed by atoms with van der Waals surface area (Å²) in [5.74, 6) is 0.534. The molecule has 0 unspecified atom stereocenters. The highest BCUT2D eigenvalue weighted by molar-refractivity contribution is 5.76. The standard InChI is InChI=1S/C13H17N3O3/c1-8-14-10-6-16(12(18)19-13(2,3)4)5-9(10)11(7-17)15-8/h7H,5-6H2,1-4H3. The molecule has 1 aromatic rings. The van der Waals surface area contributed by atoms with Crippen LogP contribution in [0.4, 0.5) is 4.79 Å². The third-order valence-electron chi connectivity index (χ3n) is 2.69. The van der Waals surface area contributed by atoms with Crippen molar-refractivity contribution in [3.63, 3.8) is 0 Å². The molecule has 0 bridgehead atoms. The summed E-state index contributed by atoms with van der Waals surface area (Å²) < 4.78 is 5.31. The number of aromatic nitrogens is 2. The molecule has 0 fully saturated rings. The molecule has 6 heteroatoms. The van der Waals surface area contributed by atoms with E-state index in [2.05, 4.69) is 9.97 Å². The van der Waals surface area contributed by atoms with Gasteiger partial charge in [-0.15, -0.1) is 0 Å². The fraction of sp³-hybridized carbons (Fsp3) is 0.538. The quantitative estimate of drug-likeness (QED) is 0.723. The van der Waals surface area contributed by atoms with E-state index in [-0.39, 0.29) is 0 Å². The van der Waals surface area contributed by atoms with Crippen LogP contribution in [0.3, 0.4) is 0 Å². The van der Waals surface area contributed by atoms with Crippen LogP contribution in [-0.4, -0.2) is 32.8 Å². The number of carbonyl (C=O) groups is 2. The maximum absolute atomic E-state index is 12.0. The molecule has 102 valence electrons. The van der Waals surface area contributed by atoms with Crippen LogP contribution in [0.5, 0.6) is 0 Å². The van der Waals surface area contributed by atoms with Gasteiger partial charge in [-0.2, -0.15) is 0 Å². The molecule has 2 heterocycles. The summed E-state index contributed by atoms with van der Waals surface area (Å²) in [7, 11) is 0. The third kappa shape index (κ3) is 2.89. The minimum atomic E-state index is -0.541. The minimum Gasteiger partial charge on any atom is -0.444 e. The predicted octanol–water partition coefficient (Wildman–Crippen LogP) is 1.85. The van der Waals surface area contributed by atoms with Gasteiger partial charge in [0.05, 0.1) is 18.8 Å². The van der Waals surface area contributed by atoms with E-state index < -0.39 is 11.7 Å². The first-order valence-corrected chi connectivity index (χ1v) is 6.09. The van der Waals surface area contributed by atoms with E-state index in [1.54, 1.807) is 6.92 Å². The Kier molecular flexibility index (Phi) is 3.26. The SMILES string of the molecule is Cc1nc(C=O)c2c(n1)CN(C(=O)OC(C)(C)C)C2. The summed E-state index contributed by atoms with van der Waals surface area (Å²) in [5, 5.41) is 0. The van der Waals surface area contributed by atoms with Crippen LogP contribution >= 0.6 is 0 Å². The van der Waals surface area contributed by atoms with Crippen LogP contribution in [0.2, 0.25) is 0 Å². The average molecular weight is 263 g/mol. The number of hydrogen-bond donors (Lipinski definition) is 0. The summed E-state index contributed by atoms with van der Waals surface area (Å²) >= 11 is 0. The minimum absolute atomic E-state index is 0.318. The van der Waals surface area contributed by atoms with Gasteiger partial charge in [0, 0.05) is 5.56 Å². The van der Waals surface area contributed by atoms with Gasteiger partial charge in [0.15, 0.2) is 6.29 Å². The zero-order valence-electron chi connectivity index (χ0n) is 11.6. The van der Waals surface area contributed by atoms with Crippen molar-refractivity contribution in [2.45, 2.75) is 46.4 Å². The predicted molar refractivity (Wildman–Crippen MR) is 67.6 cm³/mol. The van der Waals surface area contributed by atoms with E-state index in [0.717, 1.165) is 5.69 Å². The van der Waals surface area contributed by atoms with Gasteiger partial charge < -0.3 is 4.74 Å². The molecular formula is C13H17N3O3. The molecule has 1 aliphatic rings. The zero-order chi connectivity index (χ0) is 14.2. The highest BCUT2D eigenvalue weighted by atomic mass is 16.6. The normalized spacial score (nSPS) is 14.2. The number of rotatable bonds is 1. The van der Waals surface area contributed by atoms with Crippen LogP contribution in [0, 0.1) is 6.92 Å². The fourth-order valence-corrected chi connectivity index (χ4v) is 1.96. The van der Waals surface area contributed by atoms with Gasteiger partial charge in [-0.1, -0.05) is 0 Å². The fourth-order valence-electron chi connectivity index (χ4n) is 1.96. The Hall–Kier alpha value is -1.98. The highest BCUT2D eigenvalue weighted by Gasteiger charge is 2.30. The lowest BCUT2D eigenvalue weighted by molar-refractivity contribution is 0.0240. The van der Waals surface area contributed by atoms with Crippen molar-refractivity contribution in [3.05, 3.63) is 22.8 Å². The van der Waals surface area contributed by atoms with Gasteiger partial charge >= 0.3 is 6.09 Å². The van der Waals surface area contributed by atoms with Gasteiger partial charge in [0.25, 0.3) is 0 Å². The lowest BCUT2D eigenvalue weighted by Gasteiger charge is -2.23. The molecule has 0 spiro atoms. The Morgan fingerprint density at radius 2 is 2.00 bits per heavy atom. The Morgan fingerprint density at radius 3 is 2.58 bits per heavy atom. The van der Waals surface area contributed by atoms with Gasteiger partial charge in [0.2, 0.25) is 0 Å². The second-order valence-corrected chi connectivity index (χ2v) is 5.54. The molecule has 1 amide bonds. The zero-order valence-corrected chi connectivity index (χ0v) is 11.6. The number of aryl methyl sites for hydroxylation is 1. The molecule has 6 nitrogen and oxygen atoms in total. The summed E-state index contributed by atoms with van der Waals surface area (Å²) in [6, 6.07) is 0. The van der Waals surface area contributed by atoms with Crippen LogP contribution in [0.25, 0.3) is 0 Å².